The summed E-state index contributed by atoms with van der Waals surface area (Å²) in [6, 6.07) is 21.2. The lowest BCUT2D eigenvalue weighted by atomic mass is 10.1. The maximum absolute atomic E-state index is 13.2. The third kappa shape index (κ3) is 4.17. The zero-order valence-electron chi connectivity index (χ0n) is 18.8. The number of carbonyl (C=O) groups is 1. The van der Waals surface area contributed by atoms with Gasteiger partial charge in [0.15, 0.2) is 0 Å². The number of carbonyl (C=O) groups excluding carboxylic acids is 1. The topological polar surface area (TPSA) is 77.6 Å². The average Bonchev–Trinajstić information content (AvgIpc) is 3.43. The molecule has 1 atom stereocenters. The van der Waals surface area contributed by atoms with Crippen LogP contribution < -0.4 is 5.32 Å². The molecule has 2 aromatic heterocycles. The summed E-state index contributed by atoms with van der Waals surface area (Å²) in [5, 5.41) is 15.8. The molecule has 5 rings (SSSR count). The van der Waals surface area contributed by atoms with Crippen LogP contribution in [0.3, 0.4) is 0 Å². The van der Waals surface area contributed by atoms with Gasteiger partial charge in [0, 0.05) is 16.8 Å². The maximum atomic E-state index is 13.2. The molecule has 1 amide bonds. The number of halogens is 1. The van der Waals surface area contributed by atoms with Crippen LogP contribution in [0.2, 0.25) is 0 Å². The van der Waals surface area contributed by atoms with Crippen molar-refractivity contribution in [2.75, 3.05) is 0 Å². The van der Waals surface area contributed by atoms with Crippen LogP contribution in [0.25, 0.3) is 16.7 Å². The Morgan fingerprint density at radius 1 is 1.03 bits per heavy atom. The molecule has 2 heterocycles. The molecule has 0 aliphatic carbocycles. The van der Waals surface area contributed by atoms with Crippen LogP contribution in [-0.2, 0) is 6.54 Å². The fourth-order valence-corrected chi connectivity index (χ4v) is 4.02. The van der Waals surface area contributed by atoms with E-state index in [0.717, 1.165) is 33.5 Å². The third-order valence-electron chi connectivity index (χ3n) is 5.90. The van der Waals surface area contributed by atoms with Crippen LogP contribution in [0.1, 0.15) is 40.1 Å². The van der Waals surface area contributed by atoms with Crippen LogP contribution in [0.5, 0.6) is 0 Å². The van der Waals surface area contributed by atoms with Crippen LogP contribution in [0, 0.1) is 12.7 Å². The highest BCUT2D eigenvalue weighted by Crippen LogP contribution is 2.21. The zero-order valence-corrected chi connectivity index (χ0v) is 18.8. The van der Waals surface area contributed by atoms with E-state index in [1.54, 1.807) is 23.0 Å². The summed E-state index contributed by atoms with van der Waals surface area (Å²) >= 11 is 0. The number of hydrogen-bond donors (Lipinski definition) is 1. The van der Waals surface area contributed by atoms with E-state index in [2.05, 4.69) is 20.7 Å². The molecule has 7 nitrogen and oxygen atoms in total. The molecule has 0 bridgehead atoms. The average molecular weight is 455 g/mol. The Hall–Kier alpha value is -4.33. The Bertz CT molecular complexity index is 1450. The minimum Gasteiger partial charge on any atom is -0.345 e. The Morgan fingerprint density at radius 3 is 2.53 bits per heavy atom. The molecule has 34 heavy (non-hydrogen) atoms. The fraction of sp³-hybridized carbons (Fsp3) is 0.154. The normalized spacial score (nSPS) is 12.1. The molecule has 0 spiro atoms. The molecule has 0 saturated heterocycles. The maximum Gasteiger partial charge on any atom is 0.251 e. The number of aromatic nitrogens is 5. The van der Waals surface area contributed by atoms with Crippen molar-refractivity contribution in [3.63, 3.8) is 0 Å². The lowest BCUT2D eigenvalue weighted by Crippen LogP contribution is -2.27. The summed E-state index contributed by atoms with van der Waals surface area (Å²) in [4.78, 5) is 12.8. The highest BCUT2D eigenvalue weighted by molar-refractivity contribution is 5.94. The van der Waals surface area contributed by atoms with Gasteiger partial charge < -0.3 is 5.32 Å². The van der Waals surface area contributed by atoms with Gasteiger partial charge in [0.25, 0.3) is 5.91 Å². The summed E-state index contributed by atoms with van der Waals surface area (Å²) in [5.74, 6) is -0.464. The fourth-order valence-electron chi connectivity index (χ4n) is 4.02. The van der Waals surface area contributed by atoms with Gasteiger partial charge in [-0.3, -0.25) is 4.79 Å². The van der Waals surface area contributed by atoms with Gasteiger partial charge in [-0.15, -0.1) is 5.10 Å². The van der Waals surface area contributed by atoms with Gasteiger partial charge in [-0.1, -0.05) is 29.5 Å². The molecule has 0 aliphatic rings. The number of amides is 1. The molecule has 5 aromatic rings. The minimum atomic E-state index is -0.296. The molecular weight excluding hydrogens is 431 g/mol. The van der Waals surface area contributed by atoms with E-state index >= 15 is 0 Å². The van der Waals surface area contributed by atoms with Gasteiger partial charge in [-0.25, -0.2) is 13.8 Å². The Kier molecular flexibility index (Phi) is 5.63. The Labute approximate surface area is 195 Å². The zero-order chi connectivity index (χ0) is 23.7. The Balaban J connectivity index is 1.27. The number of hydrogen-bond acceptors (Lipinski definition) is 4. The minimum absolute atomic E-state index is 0.167. The van der Waals surface area contributed by atoms with E-state index in [0.29, 0.717) is 12.1 Å². The monoisotopic (exact) mass is 454 g/mol. The van der Waals surface area contributed by atoms with E-state index in [4.69, 9.17) is 0 Å². The van der Waals surface area contributed by atoms with E-state index in [1.165, 1.54) is 12.1 Å². The number of benzene rings is 3. The number of para-hydroxylation sites is 1. The van der Waals surface area contributed by atoms with E-state index < -0.39 is 0 Å². The predicted octanol–water partition coefficient (Wildman–Crippen LogP) is 4.60. The molecule has 0 saturated carbocycles. The summed E-state index contributed by atoms with van der Waals surface area (Å²) in [6.45, 7) is 4.42. The van der Waals surface area contributed by atoms with E-state index in [-0.39, 0.29) is 17.8 Å². The SMILES string of the molecule is Cc1c(C(C)NC(=O)c2ccc(Cn3nnc4ccccc43)cc2)cnn1-c1ccc(F)cc1. The van der Waals surface area contributed by atoms with Crippen LogP contribution >= 0.6 is 0 Å². The number of nitrogens with zero attached hydrogens (tertiary/aromatic N) is 5. The van der Waals surface area contributed by atoms with Gasteiger partial charge in [-0.05, 0) is 67.9 Å². The molecule has 0 radical (unpaired) electrons. The van der Waals surface area contributed by atoms with E-state index in [1.807, 2.05) is 67.1 Å². The molecule has 1 N–H and O–H groups in total. The van der Waals surface area contributed by atoms with Crippen molar-refractivity contribution in [1.29, 1.82) is 0 Å². The van der Waals surface area contributed by atoms with Gasteiger partial charge in [0.1, 0.15) is 11.3 Å². The van der Waals surface area contributed by atoms with Crippen molar-refractivity contribution in [3.8, 4) is 5.69 Å². The number of fused-ring (bicyclic) bond motifs is 1. The van der Waals surface area contributed by atoms with Gasteiger partial charge >= 0.3 is 0 Å². The van der Waals surface area contributed by atoms with Crippen LogP contribution in [0.4, 0.5) is 4.39 Å². The standard InChI is InChI=1S/C26H23FN6O/c1-17(23-15-28-33(18(23)2)22-13-11-21(27)12-14-22)29-26(34)20-9-7-19(8-10-20)16-32-25-6-4-3-5-24(25)30-31-32/h3-15,17H,16H2,1-2H3,(H,29,34). The Morgan fingerprint density at radius 2 is 1.76 bits per heavy atom. The van der Waals surface area contributed by atoms with Gasteiger partial charge in [-0.2, -0.15) is 5.10 Å². The van der Waals surface area contributed by atoms with Crippen molar-refractivity contribution in [2.45, 2.75) is 26.4 Å². The number of rotatable bonds is 6. The predicted molar refractivity (Wildman–Crippen MR) is 127 cm³/mol. The first-order valence-electron chi connectivity index (χ1n) is 11.0. The van der Waals surface area contributed by atoms with Crippen LogP contribution in [0.15, 0.2) is 79.0 Å². The summed E-state index contributed by atoms with van der Waals surface area (Å²) in [6.07, 6.45) is 1.73. The highest BCUT2D eigenvalue weighted by atomic mass is 19.1. The third-order valence-corrected chi connectivity index (χ3v) is 5.90. The first-order valence-corrected chi connectivity index (χ1v) is 11.0. The van der Waals surface area contributed by atoms with Crippen molar-refractivity contribution in [1.82, 2.24) is 30.1 Å². The van der Waals surface area contributed by atoms with Crippen molar-refractivity contribution >= 4 is 16.9 Å². The molecule has 0 fully saturated rings. The molecular formula is C26H23FN6O. The highest BCUT2D eigenvalue weighted by Gasteiger charge is 2.17. The second kappa shape index (κ2) is 8.90. The van der Waals surface area contributed by atoms with Crippen molar-refractivity contribution < 1.29 is 9.18 Å². The van der Waals surface area contributed by atoms with Gasteiger partial charge in [0.2, 0.25) is 0 Å². The summed E-state index contributed by atoms with van der Waals surface area (Å²) in [7, 11) is 0. The lowest BCUT2D eigenvalue weighted by Gasteiger charge is -2.14. The lowest BCUT2D eigenvalue weighted by molar-refractivity contribution is 0.0940. The summed E-state index contributed by atoms with van der Waals surface area (Å²) in [5.41, 5.74) is 5.96. The smallest absolute Gasteiger partial charge is 0.251 e. The van der Waals surface area contributed by atoms with Crippen LogP contribution in [-0.4, -0.2) is 30.7 Å². The molecule has 1 unspecified atom stereocenters. The second-order valence-electron chi connectivity index (χ2n) is 8.20. The number of nitrogens with one attached hydrogen (secondary N) is 1. The molecule has 3 aromatic carbocycles. The second-order valence-corrected chi connectivity index (χ2v) is 8.20. The largest absolute Gasteiger partial charge is 0.345 e. The van der Waals surface area contributed by atoms with E-state index in [9.17, 15) is 9.18 Å². The first kappa shape index (κ1) is 21.5. The van der Waals surface area contributed by atoms with Crippen molar-refractivity contribution in [3.05, 3.63) is 107 Å². The van der Waals surface area contributed by atoms with Crippen molar-refractivity contribution in [2.24, 2.45) is 0 Å². The first-order chi connectivity index (χ1) is 16.5. The van der Waals surface area contributed by atoms with Gasteiger partial charge in [0.05, 0.1) is 30.0 Å². The molecule has 8 heteroatoms. The summed E-state index contributed by atoms with van der Waals surface area (Å²) < 4.78 is 16.8. The molecule has 0 aliphatic heterocycles. The quantitative estimate of drug-likeness (QED) is 0.407. The molecule has 170 valence electrons.